The normalized spacial score (nSPS) is 23.8. The molecule has 2 heterocycles. The minimum atomic E-state index is -3.48. The Balaban J connectivity index is 1.36. The maximum Gasteiger partial charge on any atom is 0.309 e. The fraction of sp³-hybridized carbons (Fsp3) is 0.400. The van der Waals surface area contributed by atoms with Crippen LogP contribution in [0.4, 0.5) is 0 Å². The van der Waals surface area contributed by atoms with Gasteiger partial charge in [0, 0.05) is 34.2 Å². The number of carbonyl (C=O) groups is 3. The average molecular weight is 715 g/mol. The Hall–Kier alpha value is -3.48. The molecule has 3 aliphatic rings. The van der Waals surface area contributed by atoms with Crippen molar-refractivity contribution in [2.24, 2.45) is 0 Å². The predicted octanol–water partition coefficient (Wildman–Crippen LogP) is 5.58. The molecule has 1 saturated heterocycles. The van der Waals surface area contributed by atoms with Crippen LogP contribution < -0.4 is 5.48 Å². The fourth-order valence-electron chi connectivity index (χ4n) is 7.30. The van der Waals surface area contributed by atoms with E-state index in [1.807, 2.05) is 0 Å². The van der Waals surface area contributed by atoms with Crippen molar-refractivity contribution in [1.82, 2.24) is 14.7 Å². The first-order valence-corrected chi connectivity index (χ1v) is 18.4. The number of nitrogens with one attached hydrogen (secondary N) is 1. The lowest BCUT2D eigenvalue weighted by Gasteiger charge is -2.50. The number of sulfonamides is 1. The van der Waals surface area contributed by atoms with E-state index in [9.17, 15) is 22.8 Å². The van der Waals surface area contributed by atoms with Crippen molar-refractivity contribution >= 4 is 51.0 Å². The highest BCUT2D eigenvalue weighted by molar-refractivity contribution is 7.89. The second kappa shape index (κ2) is 14.6. The van der Waals surface area contributed by atoms with Crippen molar-refractivity contribution in [3.63, 3.8) is 0 Å². The van der Waals surface area contributed by atoms with Gasteiger partial charge in [0.2, 0.25) is 10.0 Å². The summed E-state index contributed by atoms with van der Waals surface area (Å²) in [4.78, 5) is 47.9. The quantitative estimate of drug-likeness (QED) is 0.227. The van der Waals surface area contributed by atoms with Gasteiger partial charge >= 0.3 is 5.97 Å². The molecular weight excluding hydrogens is 677 g/mol. The van der Waals surface area contributed by atoms with E-state index < -0.39 is 40.0 Å². The molecule has 1 saturated carbocycles. The van der Waals surface area contributed by atoms with Crippen molar-refractivity contribution in [2.45, 2.75) is 69.2 Å². The Morgan fingerprint density at radius 2 is 1.62 bits per heavy atom. The number of carbonyl (C=O) groups excluding carboxylic acids is 3. The highest BCUT2D eigenvalue weighted by atomic mass is 35.5. The lowest BCUT2D eigenvalue weighted by molar-refractivity contribution is -0.140. The zero-order chi connectivity index (χ0) is 34.0. The number of halogens is 2. The maximum atomic E-state index is 14.6. The van der Waals surface area contributed by atoms with Gasteiger partial charge in [-0.3, -0.25) is 19.2 Å². The number of hydrogen-bond donors (Lipinski definition) is 1. The first kappa shape index (κ1) is 34.4. The van der Waals surface area contributed by atoms with Gasteiger partial charge in [-0.25, -0.2) is 13.9 Å². The average Bonchev–Trinajstić information content (AvgIpc) is 3.44. The number of benzene rings is 3. The lowest BCUT2D eigenvalue weighted by atomic mass is 9.76. The van der Waals surface area contributed by atoms with E-state index in [0.717, 1.165) is 24.0 Å². The third-order valence-corrected chi connectivity index (χ3v) is 12.0. The monoisotopic (exact) mass is 713 g/mol. The van der Waals surface area contributed by atoms with Gasteiger partial charge in [-0.15, -0.1) is 0 Å². The van der Waals surface area contributed by atoms with Crippen molar-refractivity contribution in [3.05, 3.63) is 105 Å². The van der Waals surface area contributed by atoms with E-state index in [1.165, 1.54) is 7.11 Å². The largest absolute Gasteiger partial charge is 0.469 e. The van der Waals surface area contributed by atoms with E-state index in [4.69, 9.17) is 32.8 Å². The maximum absolute atomic E-state index is 14.6. The van der Waals surface area contributed by atoms with Crippen molar-refractivity contribution < 1.29 is 32.4 Å². The molecule has 0 unspecified atom stereocenters. The Labute approximate surface area is 290 Å². The molecule has 254 valence electrons. The molecule has 48 heavy (non-hydrogen) atoms. The molecule has 2 fully saturated rings. The number of fused-ring (bicyclic) bond motifs is 1. The van der Waals surface area contributed by atoms with Gasteiger partial charge in [0.25, 0.3) is 11.8 Å². The SMILES string of the molecule is COC(=O)Cc1ccc(CONC(=O)[C@@H]2c3ccccc3C(=O)N([C@H]3CCCC[C@@H]3N3CCCS3(=O)=O)[C@H]2c2ccc(Cl)cc2Cl)cc1. The van der Waals surface area contributed by atoms with E-state index in [2.05, 4.69) is 5.48 Å². The van der Waals surface area contributed by atoms with E-state index in [-0.39, 0.29) is 35.7 Å². The van der Waals surface area contributed by atoms with E-state index >= 15 is 0 Å². The summed E-state index contributed by atoms with van der Waals surface area (Å²) in [5.74, 6) is -1.98. The minimum Gasteiger partial charge on any atom is -0.469 e. The van der Waals surface area contributed by atoms with Gasteiger partial charge < -0.3 is 9.64 Å². The van der Waals surface area contributed by atoms with Gasteiger partial charge in [-0.05, 0) is 59.7 Å². The Bertz CT molecular complexity index is 1800. The molecule has 3 aromatic carbocycles. The first-order chi connectivity index (χ1) is 23.1. The summed E-state index contributed by atoms with van der Waals surface area (Å²) in [5.41, 5.74) is 5.58. The van der Waals surface area contributed by atoms with Gasteiger partial charge in [0.15, 0.2) is 0 Å². The highest BCUT2D eigenvalue weighted by Gasteiger charge is 2.51. The summed E-state index contributed by atoms with van der Waals surface area (Å²) in [6, 6.07) is 17.3. The number of ether oxygens (including phenoxy) is 1. The minimum absolute atomic E-state index is 0.0468. The van der Waals surface area contributed by atoms with Crippen LogP contribution in [0.2, 0.25) is 10.0 Å². The van der Waals surface area contributed by atoms with Gasteiger partial charge in [-0.1, -0.05) is 84.6 Å². The summed E-state index contributed by atoms with van der Waals surface area (Å²) in [5, 5.41) is 0.690. The van der Waals surface area contributed by atoms with Gasteiger partial charge in [0.1, 0.15) is 0 Å². The molecule has 0 bridgehead atoms. The number of methoxy groups -OCH3 is 1. The van der Waals surface area contributed by atoms with Crippen LogP contribution in [0, 0.1) is 0 Å². The molecule has 0 spiro atoms. The number of nitrogens with zero attached hydrogens (tertiary/aromatic N) is 2. The molecule has 2 amide bonds. The second-order valence-corrected chi connectivity index (χ2v) is 15.3. The van der Waals surface area contributed by atoms with Crippen molar-refractivity contribution in [3.8, 4) is 0 Å². The zero-order valence-electron chi connectivity index (χ0n) is 26.4. The van der Waals surface area contributed by atoms with Crippen molar-refractivity contribution in [1.29, 1.82) is 0 Å². The molecule has 0 aromatic heterocycles. The third kappa shape index (κ3) is 6.97. The molecule has 6 rings (SSSR count). The number of hydrogen-bond acceptors (Lipinski definition) is 7. The lowest BCUT2D eigenvalue weighted by Crippen LogP contribution is -2.59. The molecule has 4 atom stereocenters. The van der Waals surface area contributed by atoms with Crippen LogP contribution in [0.1, 0.15) is 76.7 Å². The second-order valence-electron chi connectivity index (χ2n) is 12.4. The Morgan fingerprint density at radius 1 is 0.917 bits per heavy atom. The van der Waals surface area contributed by atoms with Crippen LogP contribution in [-0.4, -0.2) is 66.9 Å². The molecule has 13 heteroatoms. The number of hydroxylamine groups is 1. The first-order valence-electron chi connectivity index (χ1n) is 16.0. The van der Waals surface area contributed by atoms with Crippen LogP contribution in [0.5, 0.6) is 0 Å². The van der Waals surface area contributed by atoms with E-state index in [1.54, 1.807) is 75.9 Å². The zero-order valence-corrected chi connectivity index (χ0v) is 28.8. The van der Waals surface area contributed by atoms with Gasteiger partial charge in [0.05, 0.1) is 37.9 Å². The summed E-state index contributed by atoms with van der Waals surface area (Å²) < 4.78 is 32.7. The topological polar surface area (TPSA) is 122 Å². The molecule has 1 N–H and O–H groups in total. The van der Waals surface area contributed by atoms with Crippen LogP contribution in [0.15, 0.2) is 66.7 Å². The van der Waals surface area contributed by atoms with E-state index in [0.29, 0.717) is 47.5 Å². The predicted molar refractivity (Wildman–Crippen MR) is 181 cm³/mol. The molecule has 10 nitrogen and oxygen atoms in total. The fourth-order valence-corrected chi connectivity index (χ4v) is 9.62. The number of amides is 2. The Kier molecular flexibility index (Phi) is 10.4. The molecule has 2 aliphatic heterocycles. The molecular formula is C35H37Cl2N3O7S. The highest BCUT2D eigenvalue weighted by Crippen LogP contribution is 2.48. The molecule has 0 radical (unpaired) electrons. The van der Waals surface area contributed by atoms with Crippen LogP contribution in [-0.2, 0) is 42.2 Å². The van der Waals surface area contributed by atoms with Crippen molar-refractivity contribution in [2.75, 3.05) is 19.4 Å². The van der Waals surface area contributed by atoms with Crippen LogP contribution in [0.25, 0.3) is 0 Å². The third-order valence-electron chi connectivity index (χ3n) is 9.51. The summed E-state index contributed by atoms with van der Waals surface area (Å²) >= 11 is 13.1. The van der Waals surface area contributed by atoms with Crippen LogP contribution in [0.3, 0.4) is 0 Å². The summed E-state index contributed by atoms with van der Waals surface area (Å²) in [7, 11) is -2.14. The number of esters is 1. The molecule has 3 aromatic rings. The number of rotatable bonds is 9. The van der Waals surface area contributed by atoms with Crippen LogP contribution >= 0.6 is 23.2 Å². The standard InChI is InChI=1S/C35H37Cl2N3O7S/c1-46-31(41)19-22-11-13-23(14-12-22)21-47-38-34(42)32-25-7-2-3-8-26(25)35(43)40(33(32)27-16-15-24(36)20-28(27)37)30-10-5-4-9-29(30)39-17-6-18-48(39,44)45/h2-3,7-8,11-16,20,29-30,32-33H,4-6,9-10,17-19,21H2,1H3,(H,38,42)/t29-,30-,32+,33-/m0/s1. The Morgan fingerprint density at radius 3 is 2.31 bits per heavy atom. The summed E-state index contributed by atoms with van der Waals surface area (Å²) in [6.07, 6.45) is 3.49. The van der Waals surface area contributed by atoms with Gasteiger partial charge in [-0.2, -0.15) is 4.31 Å². The molecule has 1 aliphatic carbocycles. The smallest absolute Gasteiger partial charge is 0.309 e. The summed E-state index contributed by atoms with van der Waals surface area (Å²) in [6.45, 7) is 0.445.